The van der Waals surface area contributed by atoms with Crippen LogP contribution in [0, 0.1) is 6.92 Å². The Morgan fingerprint density at radius 3 is 2.83 bits per heavy atom. The summed E-state index contributed by atoms with van der Waals surface area (Å²) in [6.07, 6.45) is 0. The fraction of sp³-hybridized carbons (Fsp3) is 0.227. The minimum atomic E-state index is -0.244. The molecule has 4 aromatic rings. The Hall–Kier alpha value is -3.26. The quantitative estimate of drug-likeness (QED) is 0.412. The number of rotatable bonds is 8. The molecule has 2 aromatic carbocycles. The first kappa shape index (κ1) is 20.0. The number of ether oxygens (including phenoxy) is 1. The average molecular weight is 423 g/mol. The van der Waals surface area contributed by atoms with Gasteiger partial charge in [0, 0.05) is 5.39 Å². The summed E-state index contributed by atoms with van der Waals surface area (Å²) in [6.45, 7) is 4.05. The summed E-state index contributed by atoms with van der Waals surface area (Å²) in [6, 6.07) is 17.1. The lowest BCUT2D eigenvalue weighted by molar-refractivity contribution is -0.119. The van der Waals surface area contributed by atoms with Crippen molar-refractivity contribution in [2.75, 3.05) is 5.75 Å². The van der Waals surface area contributed by atoms with E-state index in [2.05, 4.69) is 15.5 Å². The normalized spacial score (nSPS) is 12.1. The summed E-state index contributed by atoms with van der Waals surface area (Å²) in [4.78, 5) is 12.3. The average Bonchev–Trinajstić information content (AvgIpc) is 3.37. The Morgan fingerprint density at radius 2 is 2.00 bits per heavy atom. The first-order chi connectivity index (χ1) is 14.6. The van der Waals surface area contributed by atoms with Crippen molar-refractivity contribution >= 4 is 28.6 Å². The van der Waals surface area contributed by atoms with Gasteiger partial charge in [0.2, 0.25) is 5.91 Å². The number of para-hydroxylation sites is 1. The molecule has 1 N–H and O–H groups in total. The van der Waals surface area contributed by atoms with E-state index >= 15 is 0 Å². The van der Waals surface area contributed by atoms with Crippen molar-refractivity contribution in [2.45, 2.75) is 31.7 Å². The fourth-order valence-electron chi connectivity index (χ4n) is 2.90. The smallest absolute Gasteiger partial charge is 0.277 e. The Morgan fingerprint density at radius 1 is 1.13 bits per heavy atom. The van der Waals surface area contributed by atoms with Gasteiger partial charge < -0.3 is 18.9 Å². The van der Waals surface area contributed by atoms with Gasteiger partial charge in [-0.3, -0.25) is 4.79 Å². The number of aromatic nitrogens is 2. The SMILES string of the molecule is Cc1cccc(OCc2nnc(SCC(=O)N[C@@H](C)c3cc4ccccc4o3)o2)c1. The van der Waals surface area contributed by atoms with Crippen LogP contribution in [0.4, 0.5) is 0 Å². The van der Waals surface area contributed by atoms with Crippen LogP contribution in [-0.2, 0) is 11.4 Å². The number of fused-ring (bicyclic) bond motifs is 1. The summed E-state index contributed by atoms with van der Waals surface area (Å²) in [5, 5.41) is 12.2. The molecule has 0 aliphatic carbocycles. The van der Waals surface area contributed by atoms with Crippen molar-refractivity contribution in [1.82, 2.24) is 15.5 Å². The Labute approximate surface area is 177 Å². The zero-order valence-corrected chi connectivity index (χ0v) is 17.4. The summed E-state index contributed by atoms with van der Waals surface area (Å²) in [7, 11) is 0. The minimum Gasteiger partial charge on any atom is -0.484 e. The van der Waals surface area contributed by atoms with Crippen LogP contribution in [-0.4, -0.2) is 21.9 Å². The largest absolute Gasteiger partial charge is 0.484 e. The van der Waals surface area contributed by atoms with Gasteiger partial charge in [0.05, 0.1) is 11.8 Å². The van der Waals surface area contributed by atoms with Crippen LogP contribution in [0.1, 0.15) is 30.2 Å². The van der Waals surface area contributed by atoms with Crippen LogP contribution in [0.15, 0.2) is 68.7 Å². The third-order valence-corrected chi connectivity index (χ3v) is 5.19. The van der Waals surface area contributed by atoms with Crippen LogP contribution in [0.5, 0.6) is 5.75 Å². The van der Waals surface area contributed by atoms with E-state index in [9.17, 15) is 4.79 Å². The number of amides is 1. The topological polar surface area (TPSA) is 90.4 Å². The molecule has 8 heteroatoms. The van der Waals surface area contributed by atoms with Crippen LogP contribution < -0.4 is 10.1 Å². The van der Waals surface area contributed by atoms with Gasteiger partial charge >= 0.3 is 0 Å². The molecule has 0 bridgehead atoms. The molecule has 0 saturated heterocycles. The summed E-state index contributed by atoms with van der Waals surface area (Å²) in [5.41, 5.74) is 1.91. The van der Waals surface area contributed by atoms with Gasteiger partial charge in [-0.2, -0.15) is 0 Å². The molecular weight excluding hydrogens is 402 g/mol. The molecule has 0 saturated carbocycles. The zero-order chi connectivity index (χ0) is 20.9. The van der Waals surface area contributed by atoms with Gasteiger partial charge in [-0.05, 0) is 43.7 Å². The lowest BCUT2D eigenvalue weighted by Crippen LogP contribution is -2.27. The van der Waals surface area contributed by atoms with E-state index in [0.717, 1.165) is 22.3 Å². The molecule has 0 aliphatic heterocycles. The van der Waals surface area contributed by atoms with Gasteiger partial charge in [-0.15, -0.1) is 10.2 Å². The Bertz CT molecular complexity index is 1120. The molecule has 0 aliphatic rings. The van der Waals surface area contributed by atoms with E-state index in [1.807, 2.05) is 68.4 Å². The maximum atomic E-state index is 12.3. The van der Waals surface area contributed by atoms with Gasteiger partial charge in [-0.25, -0.2) is 0 Å². The molecule has 0 unspecified atom stereocenters. The van der Waals surface area contributed by atoms with E-state index < -0.39 is 0 Å². The minimum absolute atomic E-state index is 0.149. The third kappa shape index (κ3) is 5.01. The van der Waals surface area contributed by atoms with Crippen LogP contribution in [0.3, 0.4) is 0 Å². The van der Waals surface area contributed by atoms with E-state index in [0.29, 0.717) is 16.9 Å². The Kier molecular flexibility index (Phi) is 6.04. The Balaban J connectivity index is 1.25. The van der Waals surface area contributed by atoms with Crippen molar-refractivity contribution in [3.8, 4) is 5.75 Å². The number of furan rings is 1. The number of aryl methyl sites for hydroxylation is 1. The lowest BCUT2D eigenvalue weighted by Gasteiger charge is -2.10. The van der Waals surface area contributed by atoms with Crippen LogP contribution >= 0.6 is 11.8 Å². The van der Waals surface area contributed by atoms with Crippen molar-refractivity contribution in [3.63, 3.8) is 0 Å². The molecule has 2 aromatic heterocycles. The lowest BCUT2D eigenvalue weighted by atomic mass is 10.2. The molecule has 30 heavy (non-hydrogen) atoms. The van der Waals surface area contributed by atoms with E-state index in [4.69, 9.17) is 13.6 Å². The molecule has 1 atom stereocenters. The summed E-state index contributed by atoms with van der Waals surface area (Å²) < 4.78 is 17.0. The second-order valence-corrected chi connectivity index (χ2v) is 7.76. The molecule has 0 spiro atoms. The van der Waals surface area contributed by atoms with Crippen molar-refractivity contribution in [3.05, 3.63) is 71.8 Å². The highest BCUT2D eigenvalue weighted by atomic mass is 32.2. The van der Waals surface area contributed by atoms with Crippen molar-refractivity contribution < 1.29 is 18.4 Å². The zero-order valence-electron chi connectivity index (χ0n) is 16.6. The molecular formula is C22H21N3O4S. The number of hydrogen-bond donors (Lipinski definition) is 1. The van der Waals surface area contributed by atoms with Crippen molar-refractivity contribution in [1.29, 1.82) is 0 Å². The number of thioether (sulfide) groups is 1. The predicted octanol–water partition coefficient (Wildman–Crippen LogP) is 4.67. The molecule has 0 radical (unpaired) electrons. The highest BCUT2D eigenvalue weighted by Gasteiger charge is 2.16. The van der Waals surface area contributed by atoms with E-state index in [1.54, 1.807) is 0 Å². The number of carbonyl (C=O) groups is 1. The van der Waals surface area contributed by atoms with Gasteiger partial charge in [-0.1, -0.05) is 42.1 Å². The first-order valence-electron chi connectivity index (χ1n) is 9.49. The van der Waals surface area contributed by atoms with E-state index in [1.165, 1.54) is 11.8 Å². The molecule has 7 nitrogen and oxygen atoms in total. The molecule has 0 fully saturated rings. The summed E-state index contributed by atoms with van der Waals surface area (Å²) in [5.74, 6) is 1.81. The number of nitrogens with one attached hydrogen (secondary N) is 1. The summed E-state index contributed by atoms with van der Waals surface area (Å²) >= 11 is 1.18. The predicted molar refractivity (Wildman–Crippen MR) is 113 cm³/mol. The van der Waals surface area contributed by atoms with Gasteiger partial charge in [0.15, 0.2) is 6.61 Å². The van der Waals surface area contributed by atoms with Gasteiger partial charge in [0.25, 0.3) is 11.1 Å². The maximum absolute atomic E-state index is 12.3. The number of hydrogen-bond acceptors (Lipinski definition) is 7. The molecule has 1 amide bonds. The van der Waals surface area contributed by atoms with Gasteiger partial charge in [0.1, 0.15) is 17.1 Å². The highest BCUT2D eigenvalue weighted by molar-refractivity contribution is 7.99. The number of benzene rings is 2. The number of nitrogens with zero attached hydrogens (tertiary/aromatic N) is 2. The second kappa shape index (κ2) is 9.04. The second-order valence-electron chi connectivity index (χ2n) is 6.83. The molecule has 4 rings (SSSR count). The standard InChI is InChI=1S/C22H21N3O4S/c1-14-6-5-8-17(10-14)27-12-21-24-25-22(29-21)30-13-20(26)23-15(2)19-11-16-7-3-4-9-18(16)28-19/h3-11,15H,12-13H2,1-2H3,(H,23,26)/t15-/m0/s1. The molecule has 154 valence electrons. The van der Waals surface area contributed by atoms with E-state index in [-0.39, 0.29) is 24.3 Å². The third-order valence-electron chi connectivity index (χ3n) is 4.38. The first-order valence-corrected chi connectivity index (χ1v) is 10.5. The number of carbonyl (C=O) groups excluding carboxylic acids is 1. The monoisotopic (exact) mass is 423 g/mol. The van der Waals surface area contributed by atoms with Crippen LogP contribution in [0.2, 0.25) is 0 Å². The fourth-order valence-corrected chi connectivity index (χ4v) is 3.49. The van der Waals surface area contributed by atoms with Crippen molar-refractivity contribution in [2.24, 2.45) is 0 Å². The molecule has 2 heterocycles. The maximum Gasteiger partial charge on any atom is 0.277 e. The van der Waals surface area contributed by atoms with Crippen LogP contribution in [0.25, 0.3) is 11.0 Å². The highest BCUT2D eigenvalue weighted by Crippen LogP contribution is 2.24.